The number of hydrogen-bond donors (Lipinski definition) is 0. The number of carbonyl (C=O) groups excluding carboxylic acids is 1. The molecule has 0 bridgehead atoms. The van der Waals surface area contributed by atoms with Crippen molar-refractivity contribution in [2.45, 2.75) is 39.0 Å². The van der Waals surface area contributed by atoms with Crippen LogP contribution in [-0.2, 0) is 4.74 Å². The van der Waals surface area contributed by atoms with Gasteiger partial charge < -0.3 is 9.64 Å². The molecule has 21 heavy (non-hydrogen) atoms. The predicted molar refractivity (Wildman–Crippen MR) is 80.2 cm³/mol. The van der Waals surface area contributed by atoms with Crippen LogP contribution in [0, 0.1) is 6.92 Å². The summed E-state index contributed by atoms with van der Waals surface area (Å²) in [6, 6.07) is 6.37. The van der Waals surface area contributed by atoms with E-state index in [9.17, 15) is 4.79 Å². The minimum atomic E-state index is 0.0143. The van der Waals surface area contributed by atoms with Crippen molar-refractivity contribution in [3.8, 4) is 0 Å². The molecule has 2 aliphatic heterocycles. The first-order valence-corrected chi connectivity index (χ1v) is 7.66. The number of amides is 1. The van der Waals surface area contributed by atoms with E-state index in [0.717, 1.165) is 25.4 Å². The summed E-state index contributed by atoms with van der Waals surface area (Å²) in [7, 11) is 0. The van der Waals surface area contributed by atoms with E-state index in [1.807, 2.05) is 24.0 Å². The Balaban J connectivity index is 1.75. The lowest BCUT2D eigenvalue weighted by molar-refractivity contribution is -0.0582. The molecule has 2 saturated heterocycles. The number of ether oxygens (including phenoxy) is 1. The molecule has 1 aromatic rings. The summed E-state index contributed by atoms with van der Waals surface area (Å²) in [5.41, 5.74) is 1.40. The van der Waals surface area contributed by atoms with Gasteiger partial charge in [0, 0.05) is 31.4 Å². The van der Waals surface area contributed by atoms with Crippen molar-refractivity contribution in [3.63, 3.8) is 0 Å². The molecule has 0 radical (unpaired) electrons. The second kappa shape index (κ2) is 5.73. The van der Waals surface area contributed by atoms with Crippen molar-refractivity contribution >= 4 is 5.91 Å². The summed E-state index contributed by atoms with van der Waals surface area (Å²) < 4.78 is 5.87. The summed E-state index contributed by atoms with van der Waals surface area (Å²) in [4.78, 5) is 21.3. The first kappa shape index (κ1) is 14.5. The van der Waals surface area contributed by atoms with Crippen LogP contribution in [0.4, 0.5) is 0 Å². The van der Waals surface area contributed by atoms with Gasteiger partial charge >= 0.3 is 0 Å². The van der Waals surface area contributed by atoms with Crippen LogP contribution >= 0.6 is 0 Å². The van der Waals surface area contributed by atoms with E-state index in [4.69, 9.17) is 4.74 Å². The Hall–Kier alpha value is -1.46. The van der Waals surface area contributed by atoms with Gasteiger partial charge in [0.2, 0.25) is 0 Å². The van der Waals surface area contributed by atoms with Crippen LogP contribution in [-0.4, -0.2) is 65.1 Å². The van der Waals surface area contributed by atoms with E-state index in [0.29, 0.717) is 24.3 Å². The van der Waals surface area contributed by atoms with Gasteiger partial charge in [0.1, 0.15) is 5.69 Å². The van der Waals surface area contributed by atoms with Gasteiger partial charge in [-0.3, -0.25) is 9.69 Å². The second-order valence-electron chi connectivity index (χ2n) is 6.18. The van der Waals surface area contributed by atoms with E-state index in [1.54, 1.807) is 6.07 Å². The number of pyridine rings is 1. The van der Waals surface area contributed by atoms with Crippen molar-refractivity contribution in [1.29, 1.82) is 0 Å². The molecule has 1 aromatic heterocycles. The Kier molecular flexibility index (Phi) is 3.95. The maximum Gasteiger partial charge on any atom is 0.272 e. The lowest BCUT2D eigenvalue weighted by Gasteiger charge is -2.39. The van der Waals surface area contributed by atoms with Gasteiger partial charge in [-0.1, -0.05) is 6.07 Å². The van der Waals surface area contributed by atoms with Gasteiger partial charge in [-0.15, -0.1) is 0 Å². The molecule has 1 amide bonds. The van der Waals surface area contributed by atoms with Crippen LogP contribution in [0.3, 0.4) is 0 Å². The summed E-state index contributed by atoms with van der Waals surface area (Å²) in [6.07, 6.45) is 0.134. The molecule has 0 saturated carbocycles. The van der Waals surface area contributed by atoms with Crippen LogP contribution in [0.25, 0.3) is 0 Å². The molecule has 5 nitrogen and oxygen atoms in total. The molecule has 3 rings (SSSR count). The van der Waals surface area contributed by atoms with Gasteiger partial charge in [-0.25, -0.2) is 4.98 Å². The summed E-state index contributed by atoms with van der Waals surface area (Å²) in [5, 5.41) is 0. The number of morpholine rings is 1. The van der Waals surface area contributed by atoms with Gasteiger partial charge in [0.25, 0.3) is 5.91 Å². The van der Waals surface area contributed by atoms with E-state index in [2.05, 4.69) is 23.7 Å². The molecular weight excluding hydrogens is 266 g/mol. The molecule has 5 heteroatoms. The maximum atomic E-state index is 12.6. The first-order valence-electron chi connectivity index (χ1n) is 7.66. The standard InChI is InChI=1S/C16H23N3O2/c1-11(2)19-7-8-21-15-10-18(9-14(15)19)16(20)13-6-4-5-12(3)17-13/h4-6,11,14-15H,7-10H2,1-3H3/t14-,15+/m1/s1. The van der Waals surface area contributed by atoms with Crippen LogP contribution in [0.15, 0.2) is 18.2 Å². The number of rotatable bonds is 2. The van der Waals surface area contributed by atoms with Crippen molar-refractivity contribution in [2.75, 3.05) is 26.2 Å². The Morgan fingerprint density at radius 3 is 2.90 bits per heavy atom. The molecular formula is C16H23N3O2. The molecule has 3 heterocycles. The lowest BCUT2D eigenvalue weighted by Crippen LogP contribution is -2.53. The summed E-state index contributed by atoms with van der Waals surface area (Å²) in [5.74, 6) is 0.0143. The van der Waals surface area contributed by atoms with Gasteiger partial charge in [0.15, 0.2) is 0 Å². The summed E-state index contributed by atoms with van der Waals surface area (Å²) in [6.45, 7) is 9.42. The Bertz CT molecular complexity index is 532. The zero-order valence-electron chi connectivity index (χ0n) is 13.0. The monoisotopic (exact) mass is 289 g/mol. The van der Waals surface area contributed by atoms with E-state index in [1.165, 1.54) is 0 Å². The minimum absolute atomic E-state index is 0.0143. The smallest absolute Gasteiger partial charge is 0.272 e. The zero-order valence-corrected chi connectivity index (χ0v) is 13.0. The van der Waals surface area contributed by atoms with E-state index >= 15 is 0 Å². The largest absolute Gasteiger partial charge is 0.373 e. The fraction of sp³-hybridized carbons (Fsp3) is 0.625. The Morgan fingerprint density at radius 2 is 2.19 bits per heavy atom. The quantitative estimate of drug-likeness (QED) is 0.824. The highest BCUT2D eigenvalue weighted by atomic mass is 16.5. The third-order valence-corrected chi connectivity index (χ3v) is 4.40. The number of carbonyl (C=O) groups is 1. The first-order chi connectivity index (χ1) is 10.1. The molecule has 0 unspecified atom stereocenters. The Labute approximate surface area is 125 Å². The van der Waals surface area contributed by atoms with Gasteiger partial charge in [0.05, 0.1) is 18.8 Å². The molecule has 0 aromatic carbocycles. The number of nitrogens with zero attached hydrogens (tertiary/aromatic N) is 3. The van der Waals surface area contributed by atoms with E-state index in [-0.39, 0.29) is 12.0 Å². The maximum absolute atomic E-state index is 12.6. The Morgan fingerprint density at radius 1 is 1.38 bits per heavy atom. The van der Waals surface area contributed by atoms with Crippen LogP contribution < -0.4 is 0 Å². The topological polar surface area (TPSA) is 45.7 Å². The van der Waals surface area contributed by atoms with Crippen molar-refractivity contribution in [3.05, 3.63) is 29.6 Å². The number of fused-ring (bicyclic) bond motifs is 1. The minimum Gasteiger partial charge on any atom is -0.373 e. The van der Waals surface area contributed by atoms with Crippen molar-refractivity contribution < 1.29 is 9.53 Å². The molecule has 2 atom stereocenters. The van der Waals surface area contributed by atoms with Crippen LogP contribution in [0.5, 0.6) is 0 Å². The molecule has 114 valence electrons. The lowest BCUT2D eigenvalue weighted by atomic mass is 10.1. The zero-order chi connectivity index (χ0) is 15.0. The average Bonchev–Trinajstić information content (AvgIpc) is 2.89. The molecule has 2 fully saturated rings. The highest BCUT2D eigenvalue weighted by Gasteiger charge is 2.42. The number of likely N-dealkylation sites (tertiary alicyclic amines) is 1. The fourth-order valence-corrected chi connectivity index (χ4v) is 3.35. The molecule has 0 N–H and O–H groups in total. The van der Waals surface area contributed by atoms with Crippen molar-refractivity contribution in [2.24, 2.45) is 0 Å². The molecule has 0 aliphatic carbocycles. The highest BCUT2D eigenvalue weighted by molar-refractivity contribution is 5.92. The average molecular weight is 289 g/mol. The predicted octanol–water partition coefficient (Wildman–Crippen LogP) is 1.32. The van der Waals surface area contributed by atoms with Gasteiger partial charge in [-0.05, 0) is 32.9 Å². The third-order valence-electron chi connectivity index (χ3n) is 4.40. The normalized spacial score (nSPS) is 26.2. The third kappa shape index (κ3) is 2.80. The van der Waals surface area contributed by atoms with E-state index < -0.39 is 0 Å². The highest BCUT2D eigenvalue weighted by Crippen LogP contribution is 2.25. The van der Waals surface area contributed by atoms with Crippen molar-refractivity contribution in [1.82, 2.24) is 14.8 Å². The number of aryl methyl sites for hydroxylation is 1. The molecule has 2 aliphatic rings. The fourth-order valence-electron chi connectivity index (χ4n) is 3.35. The van der Waals surface area contributed by atoms with Gasteiger partial charge in [-0.2, -0.15) is 0 Å². The second-order valence-corrected chi connectivity index (χ2v) is 6.18. The number of hydrogen-bond acceptors (Lipinski definition) is 4. The molecule has 0 spiro atoms. The van der Waals surface area contributed by atoms with Crippen LogP contribution in [0.2, 0.25) is 0 Å². The van der Waals surface area contributed by atoms with Crippen LogP contribution in [0.1, 0.15) is 30.0 Å². The number of aromatic nitrogens is 1. The SMILES string of the molecule is Cc1cccc(C(=O)N2C[C@@H]3OCCN(C(C)C)[C@@H]3C2)n1. The summed E-state index contributed by atoms with van der Waals surface area (Å²) >= 11 is 0.